The van der Waals surface area contributed by atoms with Gasteiger partial charge in [0.1, 0.15) is 13.2 Å². The van der Waals surface area contributed by atoms with Gasteiger partial charge in [0.25, 0.3) is 5.91 Å². The van der Waals surface area contributed by atoms with Gasteiger partial charge in [-0.1, -0.05) is 36.4 Å². The van der Waals surface area contributed by atoms with Gasteiger partial charge in [-0.15, -0.1) is 0 Å². The van der Waals surface area contributed by atoms with Crippen LogP contribution in [0.2, 0.25) is 0 Å². The minimum Gasteiger partial charge on any atom is -0.485 e. The summed E-state index contributed by atoms with van der Waals surface area (Å²) in [5.74, 6) is 1.16. The molecule has 5 nitrogen and oxygen atoms in total. The summed E-state index contributed by atoms with van der Waals surface area (Å²) in [4.78, 5) is 14.0. The highest BCUT2D eigenvalue weighted by molar-refractivity contribution is 5.81. The second-order valence-electron chi connectivity index (χ2n) is 7.03. The lowest BCUT2D eigenvalue weighted by Gasteiger charge is -2.25. The lowest BCUT2D eigenvalue weighted by molar-refractivity contribution is -0.901. The number of benzene rings is 2. The van der Waals surface area contributed by atoms with Gasteiger partial charge in [-0.3, -0.25) is 4.79 Å². The number of nitrogens with one attached hydrogen (secondary N) is 2. The first-order valence-corrected chi connectivity index (χ1v) is 9.35. The van der Waals surface area contributed by atoms with Crippen LogP contribution in [0.15, 0.2) is 48.5 Å². The third kappa shape index (κ3) is 3.99. The van der Waals surface area contributed by atoms with Gasteiger partial charge in [-0.05, 0) is 17.7 Å². The number of ether oxygens (including phenoxy) is 2. The normalized spacial score (nSPS) is 19.3. The average molecular weight is 353 g/mol. The zero-order valence-electron chi connectivity index (χ0n) is 14.9. The molecule has 0 spiro atoms. The monoisotopic (exact) mass is 353 g/mol. The van der Waals surface area contributed by atoms with Gasteiger partial charge in [0.2, 0.25) is 6.10 Å². The number of hydrogen-bond acceptors (Lipinski definition) is 3. The molecule has 2 aromatic rings. The van der Waals surface area contributed by atoms with E-state index in [2.05, 4.69) is 29.6 Å². The number of hydrogen-bond donors (Lipinski definition) is 2. The molecule has 0 aliphatic carbocycles. The fourth-order valence-electron chi connectivity index (χ4n) is 3.57. The fraction of sp³-hybridized carbons (Fsp3) is 0.381. The molecular weight excluding hydrogens is 328 g/mol. The fourth-order valence-corrected chi connectivity index (χ4v) is 3.57. The van der Waals surface area contributed by atoms with E-state index < -0.39 is 6.10 Å². The third-order valence-corrected chi connectivity index (χ3v) is 5.06. The second kappa shape index (κ2) is 7.79. The van der Waals surface area contributed by atoms with Gasteiger partial charge < -0.3 is 19.7 Å². The van der Waals surface area contributed by atoms with E-state index in [1.165, 1.54) is 31.5 Å². The molecule has 2 heterocycles. The first-order valence-electron chi connectivity index (χ1n) is 9.35. The van der Waals surface area contributed by atoms with E-state index in [1.807, 2.05) is 24.3 Å². The second-order valence-corrected chi connectivity index (χ2v) is 7.03. The Morgan fingerprint density at radius 1 is 1.00 bits per heavy atom. The van der Waals surface area contributed by atoms with Gasteiger partial charge in [0.05, 0.1) is 13.1 Å². The zero-order chi connectivity index (χ0) is 17.8. The van der Waals surface area contributed by atoms with Crippen LogP contribution >= 0.6 is 0 Å². The van der Waals surface area contributed by atoms with E-state index in [0.717, 1.165) is 12.1 Å². The van der Waals surface area contributed by atoms with Crippen molar-refractivity contribution in [1.82, 2.24) is 5.32 Å². The highest BCUT2D eigenvalue weighted by Crippen LogP contribution is 2.30. The molecule has 2 aliphatic heterocycles. The molecule has 2 N–H and O–H groups in total. The standard InChI is InChI=1S/C21H24N2O3/c24-21(20-15-25-18-5-1-2-6-19(18)26-20)22-13-16-7-9-17(10-8-16)14-23-11-3-4-12-23/h1-2,5-10,20H,3-4,11-15H2,(H,22,24)/p+1/t20-/m0/s1. The Labute approximate surface area is 153 Å². The number of carbonyl (C=O) groups excluding carboxylic acids is 1. The Hall–Kier alpha value is -2.53. The lowest BCUT2D eigenvalue weighted by atomic mass is 10.1. The Balaban J connectivity index is 1.28. The van der Waals surface area contributed by atoms with E-state index in [1.54, 1.807) is 4.90 Å². The summed E-state index contributed by atoms with van der Waals surface area (Å²) in [7, 11) is 0. The molecule has 0 saturated carbocycles. The van der Waals surface area contributed by atoms with Crippen molar-refractivity contribution in [1.29, 1.82) is 0 Å². The van der Waals surface area contributed by atoms with Gasteiger partial charge in [-0.25, -0.2) is 0 Å². The minimum absolute atomic E-state index is 0.148. The van der Waals surface area contributed by atoms with E-state index in [-0.39, 0.29) is 12.5 Å². The highest BCUT2D eigenvalue weighted by atomic mass is 16.6. The van der Waals surface area contributed by atoms with Crippen LogP contribution in [-0.4, -0.2) is 31.7 Å². The Morgan fingerprint density at radius 3 is 2.46 bits per heavy atom. The van der Waals surface area contributed by atoms with E-state index in [4.69, 9.17) is 9.47 Å². The number of rotatable bonds is 5. The number of para-hydroxylation sites is 2. The van der Waals surface area contributed by atoms with Crippen molar-refractivity contribution < 1.29 is 19.2 Å². The first-order chi connectivity index (χ1) is 12.8. The zero-order valence-corrected chi connectivity index (χ0v) is 14.9. The summed E-state index contributed by atoms with van der Waals surface area (Å²) in [5, 5.41) is 2.94. The van der Waals surface area contributed by atoms with Crippen molar-refractivity contribution in [2.24, 2.45) is 0 Å². The van der Waals surface area contributed by atoms with Gasteiger partial charge in [0, 0.05) is 24.9 Å². The summed E-state index contributed by atoms with van der Waals surface area (Å²) >= 11 is 0. The Morgan fingerprint density at radius 2 is 1.69 bits per heavy atom. The largest absolute Gasteiger partial charge is 0.485 e. The van der Waals surface area contributed by atoms with Crippen LogP contribution in [0.25, 0.3) is 0 Å². The predicted octanol–water partition coefficient (Wildman–Crippen LogP) is 1.32. The number of amides is 1. The van der Waals surface area contributed by atoms with Crippen molar-refractivity contribution >= 4 is 5.91 Å². The van der Waals surface area contributed by atoms with Crippen LogP contribution in [0.4, 0.5) is 0 Å². The summed E-state index contributed by atoms with van der Waals surface area (Å²) < 4.78 is 11.3. The summed E-state index contributed by atoms with van der Waals surface area (Å²) in [6.07, 6.45) is 2.08. The van der Waals surface area contributed by atoms with Crippen molar-refractivity contribution in [3.05, 3.63) is 59.7 Å². The van der Waals surface area contributed by atoms with Crippen molar-refractivity contribution in [2.75, 3.05) is 19.7 Å². The summed E-state index contributed by atoms with van der Waals surface area (Å²) in [6.45, 7) is 4.39. The van der Waals surface area contributed by atoms with Crippen LogP contribution < -0.4 is 19.7 Å². The SMILES string of the molecule is O=C(NCc1ccc(C[NH+]2CCCC2)cc1)[C@@H]1COc2ccccc2O1. The third-order valence-electron chi connectivity index (χ3n) is 5.06. The highest BCUT2D eigenvalue weighted by Gasteiger charge is 2.26. The van der Waals surface area contributed by atoms with Crippen LogP contribution in [0.1, 0.15) is 24.0 Å². The van der Waals surface area contributed by atoms with E-state index in [0.29, 0.717) is 18.0 Å². The number of fused-ring (bicyclic) bond motifs is 1. The first kappa shape index (κ1) is 16.9. The molecule has 2 aromatic carbocycles. The number of likely N-dealkylation sites (tertiary alicyclic amines) is 1. The Bertz CT molecular complexity index is 754. The average Bonchev–Trinajstić information content (AvgIpc) is 3.20. The van der Waals surface area contributed by atoms with Crippen LogP contribution in [-0.2, 0) is 17.9 Å². The van der Waals surface area contributed by atoms with Crippen molar-refractivity contribution in [3.8, 4) is 11.5 Å². The topological polar surface area (TPSA) is 52.0 Å². The molecule has 1 amide bonds. The van der Waals surface area contributed by atoms with Crippen molar-refractivity contribution in [2.45, 2.75) is 32.0 Å². The van der Waals surface area contributed by atoms with Gasteiger partial charge in [0.15, 0.2) is 11.5 Å². The predicted molar refractivity (Wildman–Crippen MR) is 98.3 cm³/mol. The quantitative estimate of drug-likeness (QED) is 0.853. The summed E-state index contributed by atoms with van der Waals surface area (Å²) in [5.41, 5.74) is 2.45. The van der Waals surface area contributed by atoms with Gasteiger partial charge >= 0.3 is 0 Å². The molecule has 136 valence electrons. The molecule has 0 radical (unpaired) electrons. The molecule has 0 unspecified atom stereocenters. The molecule has 5 heteroatoms. The number of carbonyl (C=O) groups is 1. The van der Waals surface area contributed by atoms with Crippen LogP contribution in [0, 0.1) is 0 Å². The maximum Gasteiger partial charge on any atom is 0.264 e. The van der Waals surface area contributed by atoms with Crippen molar-refractivity contribution in [3.63, 3.8) is 0 Å². The van der Waals surface area contributed by atoms with E-state index in [9.17, 15) is 4.79 Å². The Kier molecular flexibility index (Phi) is 5.07. The van der Waals surface area contributed by atoms with Crippen LogP contribution in [0.3, 0.4) is 0 Å². The summed E-state index contributed by atoms with van der Waals surface area (Å²) in [6, 6.07) is 15.9. The molecule has 4 rings (SSSR count). The molecule has 0 bridgehead atoms. The molecular formula is C21H25N2O3+. The molecule has 1 fully saturated rings. The van der Waals surface area contributed by atoms with Gasteiger partial charge in [-0.2, -0.15) is 0 Å². The van der Waals surface area contributed by atoms with Crippen LogP contribution in [0.5, 0.6) is 11.5 Å². The lowest BCUT2D eigenvalue weighted by Crippen LogP contribution is -3.08. The number of quaternary nitrogens is 1. The molecule has 0 aromatic heterocycles. The van der Waals surface area contributed by atoms with E-state index >= 15 is 0 Å². The maximum absolute atomic E-state index is 12.4. The maximum atomic E-state index is 12.4. The molecule has 2 aliphatic rings. The molecule has 26 heavy (non-hydrogen) atoms. The smallest absolute Gasteiger partial charge is 0.264 e. The molecule has 1 saturated heterocycles. The molecule has 1 atom stereocenters. The minimum atomic E-state index is -0.608.